The summed E-state index contributed by atoms with van der Waals surface area (Å²) in [5.74, 6) is 0.0870. The minimum absolute atomic E-state index is 0.00581. The molecule has 4 rings (SSSR count). The van der Waals surface area contributed by atoms with E-state index in [2.05, 4.69) is 44.6 Å². The van der Waals surface area contributed by atoms with E-state index in [-0.39, 0.29) is 11.8 Å². The summed E-state index contributed by atoms with van der Waals surface area (Å²) in [6.45, 7) is 1.07. The number of H-pyrrole nitrogens is 1. The molecule has 2 N–H and O–H groups in total. The van der Waals surface area contributed by atoms with Gasteiger partial charge in [0.05, 0.1) is 6.54 Å². The number of benzene rings is 2. The third-order valence-electron chi connectivity index (χ3n) is 4.74. The number of carbonyl (C=O) groups excluding carboxylic acids is 1. The van der Waals surface area contributed by atoms with Crippen molar-refractivity contribution in [3.8, 4) is 0 Å². The van der Waals surface area contributed by atoms with Crippen molar-refractivity contribution in [2.75, 3.05) is 6.54 Å². The lowest BCUT2D eigenvalue weighted by Crippen LogP contribution is -2.29. The predicted octanol–water partition coefficient (Wildman–Crippen LogP) is 3.10. The Bertz CT molecular complexity index is 1010. The van der Waals surface area contributed by atoms with E-state index in [1.165, 1.54) is 22.8 Å². The van der Waals surface area contributed by atoms with Crippen molar-refractivity contribution < 1.29 is 4.79 Å². The Morgan fingerprint density at radius 2 is 1.93 bits per heavy atom. The van der Waals surface area contributed by atoms with Crippen LogP contribution in [0.5, 0.6) is 0 Å². The molecular weight excluding hydrogens is 338 g/mol. The van der Waals surface area contributed by atoms with E-state index in [1.54, 1.807) is 11.0 Å². The van der Waals surface area contributed by atoms with Gasteiger partial charge in [0.1, 0.15) is 12.7 Å². The smallest absolute Gasteiger partial charge is 0.221 e. The Morgan fingerprint density at radius 1 is 1.11 bits per heavy atom. The monoisotopic (exact) mass is 359 g/mol. The molecule has 4 aromatic rings. The maximum Gasteiger partial charge on any atom is 0.221 e. The second kappa shape index (κ2) is 7.86. The van der Waals surface area contributed by atoms with Crippen molar-refractivity contribution in [3.63, 3.8) is 0 Å². The highest BCUT2D eigenvalue weighted by atomic mass is 16.1. The van der Waals surface area contributed by atoms with Crippen LogP contribution >= 0.6 is 0 Å². The SMILES string of the molecule is O=C(CCn1cncn1)NC[C@H](c1ccccc1)c1c[nH]c2ccccc12. The third kappa shape index (κ3) is 3.89. The van der Waals surface area contributed by atoms with Crippen molar-refractivity contribution in [1.82, 2.24) is 25.1 Å². The number of hydrogen-bond donors (Lipinski definition) is 2. The molecule has 6 nitrogen and oxygen atoms in total. The number of hydrogen-bond acceptors (Lipinski definition) is 3. The number of para-hydroxylation sites is 1. The first-order chi connectivity index (χ1) is 13.3. The van der Waals surface area contributed by atoms with Gasteiger partial charge >= 0.3 is 0 Å². The van der Waals surface area contributed by atoms with Gasteiger partial charge in [0, 0.05) is 36.0 Å². The van der Waals surface area contributed by atoms with Crippen LogP contribution in [-0.2, 0) is 11.3 Å². The van der Waals surface area contributed by atoms with Gasteiger partial charge in [-0.05, 0) is 17.2 Å². The number of carbonyl (C=O) groups is 1. The highest BCUT2D eigenvalue weighted by Crippen LogP contribution is 2.30. The first kappa shape index (κ1) is 17.0. The summed E-state index contributed by atoms with van der Waals surface area (Å²) in [5, 5.41) is 8.29. The zero-order chi connectivity index (χ0) is 18.5. The maximum atomic E-state index is 12.3. The summed E-state index contributed by atoms with van der Waals surface area (Å²) in [6.07, 6.45) is 5.51. The van der Waals surface area contributed by atoms with Crippen LogP contribution in [0.3, 0.4) is 0 Å². The lowest BCUT2D eigenvalue weighted by molar-refractivity contribution is -0.121. The van der Waals surface area contributed by atoms with Gasteiger partial charge < -0.3 is 10.3 Å². The molecule has 2 heterocycles. The van der Waals surface area contributed by atoms with Gasteiger partial charge in [-0.1, -0.05) is 48.5 Å². The van der Waals surface area contributed by atoms with Crippen LogP contribution in [0.2, 0.25) is 0 Å². The van der Waals surface area contributed by atoms with E-state index < -0.39 is 0 Å². The zero-order valence-corrected chi connectivity index (χ0v) is 14.9. The average Bonchev–Trinajstić information content (AvgIpc) is 3.38. The molecule has 0 aliphatic carbocycles. The number of rotatable bonds is 7. The van der Waals surface area contributed by atoms with Crippen LogP contribution in [0, 0.1) is 0 Å². The third-order valence-corrected chi connectivity index (χ3v) is 4.74. The largest absolute Gasteiger partial charge is 0.361 e. The second-order valence-electron chi connectivity index (χ2n) is 6.47. The van der Waals surface area contributed by atoms with Crippen molar-refractivity contribution in [2.24, 2.45) is 0 Å². The van der Waals surface area contributed by atoms with Crippen molar-refractivity contribution in [3.05, 3.63) is 84.6 Å². The van der Waals surface area contributed by atoms with Crippen LogP contribution in [0.25, 0.3) is 10.9 Å². The topological polar surface area (TPSA) is 75.6 Å². The fourth-order valence-electron chi connectivity index (χ4n) is 3.34. The standard InChI is InChI=1S/C21H21N5O/c27-21(10-11-26-15-22-14-25-26)24-12-18(16-6-2-1-3-7-16)19-13-23-20-9-5-4-8-17(19)20/h1-9,13-15,18,23H,10-12H2,(H,24,27)/t18-/m1/s1. The van der Waals surface area contributed by atoms with E-state index >= 15 is 0 Å². The lowest BCUT2D eigenvalue weighted by atomic mass is 9.91. The number of aromatic nitrogens is 4. The molecule has 0 fully saturated rings. The van der Waals surface area contributed by atoms with Crippen molar-refractivity contribution in [2.45, 2.75) is 18.9 Å². The Balaban J connectivity index is 1.51. The van der Waals surface area contributed by atoms with Gasteiger partial charge in [0.15, 0.2) is 0 Å². The minimum atomic E-state index is 0.00581. The molecule has 0 unspecified atom stereocenters. The van der Waals surface area contributed by atoms with Crippen LogP contribution in [-0.4, -0.2) is 32.2 Å². The van der Waals surface area contributed by atoms with E-state index in [0.29, 0.717) is 19.5 Å². The number of aryl methyl sites for hydroxylation is 1. The molecule has 0 saturated carbocycles. The van der Waals surface area contributed by atoms with Crippen LogP contribution in [0.1, 0.15) is 23.5 Å². The fourth-order valence-corrected chi connectivity index (χ4v) is 3.34. The van der Waals surface area contributed by atoms with E-state index in [0.717, 1.165) is 5.52 Å². The molecule has 0 radical (unpaired) electrons. The average molecular weight is 359 g/mol. The first-order valence-electron chi connectivity index (χ1n) is 9.01. The van der Waals surface area contributed by atoms with Gasteiger partial charge in [-0.3, -0.25) is 9.48 Å². The predicted molar refractivity (Wildman–Crippen MR) is 104 cm³/mol. The summed E-state index contributed by atoms with van der Waals surface area (Å²) in [7, 11) is 0. The quantitative estimate of drug-likeness (QED) is 0.532. The Labute approximate surface area is 157 Å². The van der Waals surface area contributed by atoms with Crippen LogP contribution in [0.4, 0.5) is 0 Å². The van der Waals surface area contributed by atoms with E-state index in [9.17, 15) is 4.79 Å². The highest BCUT2D eigenvalue weighted by molar-refractivity contribution is 5.84. The molecule has 6 heteroatoms. The number of aromatic amines is 1. The molecule has 1 amide bonds. The lowest BCUT2D eigenvalue weighted by Gasteiger charge is -2.18. The zero-order valence-electron chi connectivity index (χ0n) is 14.9. The normalized spacial score (nSPS) is 12.1. The molecule has 0 aliphatic rings. The molecule has 0 spiro atoms. The minimum Gasteiger partial charge on any atom is -0.361 e. The second-order valence-corrected chi connectivity index (χ2v) is 6.47. The summed E-state index contributed by atoms with van der Waals surface area (Å²) in [4.78, 5) is 19.6. The molecule has 2 aromatic heterocycles. The first-order valence-corrected chi connectivity index (χ1v) is 9.01. The maximum absolute atomic E-state index is 12.3. The molecule has 136 valence electrons. The molecule has 1 atom stereocenters. The highest BCUT2D eigenvalue weighted by Gasteiger charge is 2.18. The number of fused-ring (bicyclic) bond motifs is 1. The van der Waals surface area contributed by atoms with Gasteiger partial charge in [0.2, 0.25) is 5.91 Å². The number of nitrogens with zero attached hydrogens (tertiary/aromatic N) is 3. The van der Waals surface area contributed by atoms with E-state index in [4.69, 9.17) is 0 Å². The van der Waals surface area contributed by atoms with Gasteiger partial charge in [-0.2, -0.15) is 5.10 Å². The molecule has 0 bridgehead atoms. The Hall–Kier alpha value is -3.41. The fraction of sp³-hybridized carbons (Fsp3) is 0.190. The molecule has 2 aromatic carbocycles. The van der Waals surface area contributed by atoms with Gasteiger partial charge in [-0.25, -0.2) is 4.98 Å². The van der Waals surface area contributed by atoms with Gasteiger partial charge in [-0.15, -0.1) is 0 Å². The van der Waals surface area contributed by atoms with E-state index in [1.807, 2.05) is 36.5 Å². The van der Waals surface area contributed by atoms with Crippen molar-refractivity contribution >= 4 is 16.8 Å². The molecule has 0 saturated heterocycles. The summed E-state index contributed by atoms with van der Waals surface area (Å²) in [5.41, 5.74) is 3.47. The summed E-state index contributed by atoms with van der Waals surface area (Å²) < 4.78 is 1.66. The Kier molecular flexibility index (Phi) is 4.96. The molecule has 0 aliphatic heterocycles. The Morgan fingerprint density at radius 3 is 2.74 bits per heavy atom. The van der Waals surface area contributed by atoms with Crippen molar-refractivity contribution in [1.29, 1.82) is 0 Å². The summed E-state index contributed by atoms with van der Waals surface area (Å²) >= 11 is 0. The molecule has 27 heavy (non-hydrogen) atoms. The number of amides is 1. The molecular formula is C21H21N5O. The van der Waals surface area contributed by atoms with Crippen LogP contribution < -0.4 is 5.32 Å². The van der Waals surface area contributed by atoms with Crippen LogP contribution in [0.15, 0.2) is 73.4 Å². The summed E-state index contributed by atoms with van der Waals surface area (Å²) in [6, 6.07) is 18.5. The number of nitrogens with one attached hydrogen (secondary N) is 2. The van der Waals surface area contributed by atoms with Gasteiger partial charge in [0.25, 0.3) is 0 Å².